The summed E-state index contributed by atoms with van der Waals surface area (Å²) in [7, 11) is 0. The van der Waals surface area contributed by atoms with Gasteiger partial charge in [-0.2, -0.15) is 0 Å². The van der Waals surface area contributed by atoms with Crippen molar-refractivity contribution < 1.29 is 14.7 Å². The van der Waals surface area contributed by atoms with Crippen LogP contribution in [0.15, 0.2) is 53.4 Å². The van der Waals surface area contributed by atoms with Crippen LogP contribution in [0.3, 0.4) is 0 Å². The van der Waals surface area contributed by atoms with E-state index in [1.165, 1.54) is 34.4 Å². The van der Waals surface area contributed by atoms with E-state index in [0.29, 0.717) is 14.9 Å². The highest BCUT2D eigenvalue weighted by atomic mass is 32.2. The molecular formula is C21H19NO3S2. The molecule has 1 aliphatic rings. The highest BCUT2D eigenvalue weighted by Crippen LogP contribution is 2.36. The molecule has 0 saturated carbocycles. The number of carbonyl (C=O) groups excluding carboxylic acids is 1. The summed E-state index contributed by atoms with van der Waals surface area (Å²) >= 11 is 6.57. The molecule has 1 amide bonds. The number of benzene rings is 2. The predicted molar refractivity (Wildman–Crippen MR) is 114 cm³/mol. The number of rotatable bonds is 3. The first-order chi connectivity index (χ1) is 12.7. The van der Waals surface area contributed by atoms with Crippen molar-refractivity contribution in [2.75, 3.05) is 4.90 Å². The molecule has 0 aliphatic carbocycles. The zero-order valence-electron chi connectivity index (χ0n) is 15.2. The molecule has 1 N–H and O–H groups in total. The van der Waals surface area contributed by atoms with E-state index >= 15 is 0 Å². The van der Waals surface area contributed by atoms with Gasteiger partial charge in [0.2, 0.25) is 0 Å². The van der Waals surface area contributed by atoms with Gasteiger partial charge in [-0.3, -0.25) is 9.69 Å². The Labute approximate surface area is 167 Å². The van der Waals surface area contributed by atoms with Crippen LogP contribution in [0.4, 0.5) is 5.69 Å². The average molecular weight is 398 g/mol. The van der Waals surface area contributed by atoms with Crippen LogP contribution in [-0.4, -0.2) is 21.3 Å². The molecule has 0 radical (unpaired) electrons. The number of hydrogen-bond donors (Lipinski definition) is 1. The van der Waals surface area contributed by atoms with Crippen LogP contribution >= 0.6 is 24.0 Å². The Bertz CT molecular complexity index is 956. The van der Waals surface area contributed by atoms with Gasteiger partial charge < -0.3 is 5.11 Å². The summed E-state index contributed by atoms with van der Waals surface area (Å²) < 4.78 is 0.389. The van der Waals surface area contributed by atoms with Crippen LogP contribution < -0.4 is 4.90 Å². The number of nitrogens with zero attached hydrogens (tertiary/aromatic N) is 1. The van der Waals surface area contributed by atoms with Crippen LogP contribution in [0.25, 0.3) is 6.08 Å². The molecule has 0 bridgehead atoms. The normalized spacial score (nSPS) is 16.3. The molecule has 1 heterocycles. The van der Waals surface area contributed by atoms with Crippen LogP contribution in [0.1, 0.15) is 42.3 Å². The van der Waals surface area contributed by atoms with Gasteiger partial charge in [0.25, 0.3) is 5.91 Å². The highest BCUT2D eigenvalue weighted by molar-refractivity contribution is 8.27. The van der Waals surface area contributed by atoms with Gasteiger partial charge in [0, 0.05) is 0 Å². The number of anilines is 1. The third kappa shape index (κ3) is 4.12. The maximum Gasteiger partial charge on any atom is 0.335 e. The number of carboxylic acids is 1. The molecule has 1 saturated heterocycles. The Morgan fingerprint density at radius 3 is 2.41 bits per heavy atom. The SMILES string of the molecule is CC(C)(C)c1ccc(/C=C2\SC(=S)N(c3cccc(C(=O)O)c3)C2=O)cc1. The summed E-state index contributed by atoms with van der Waals surface area (Å²) in [5, 5.41) is 9.16. The maximum absolute atomic E-state index is 12.8. The summed E-state index contributed by atoms with van der Waals surface area (Å²) in [4.78, 5) is 25.9. The smallest absolute Gasteiger partial charge is 0.335 e. The molecule has 2 aromatic rings. The Hall–Kier alpha value is -2.44. The van der Waals surface area contributed by atoms with Gasteiger partial charge in [0.15, 0.2) is 4.32 Å². The highest BCUT2D eigenvalue weighted by Gasteiger charge is 2.33. The van der Waals surface area contributed by atoms with Gasteiger partial charge in [-0.05, 0) is 40.8 Å². The Morgan fingerprint density at radius 2 is 1.81 bits per heavy atom. The molecule has 2 aromatic carbocycles. The minimum absolute atomic E-state index is 0.0666. The summed E-state index contributed by atoms with van der Waals surface area (Å²) in [6.45, 7) is 6.45. The fourth-order valence-corrected chi connectivity index (χ4v) is 4.00. The molecule has 0 spiro atoms. The molecule has 27 heavy (non-hydrogen) atoms. The zero-order valence-corrected chi connectivity index (χ0v) is 16.9. The van der Waals surface area contributed by atoms with Gasteiger partial charge in [0.05, 0.1) is 16.2 Å². The van der Waals surface area contributed by atoms with Crippen molar-refractivity contribution in [2.24, 2.45) is 0 Å². The van der Waals surface area contributed by atoms with Gasteiger partial charge in [-0.25, -0.2) is 4.79 Å². The maximum atomic E-state index is 12.8. The van der Waals surface area contributed by atoms with E-state index in [9.17, 15) is 9.59 Å². The van der Waals surface area contributed by atoms with Crippen molar-refractivity contribution in [2.45, 2.75) is 26.2 Å². The van der Waals surface area contributed by atoms with Gasteiger partial charge in [0.1, 0.15) is 0 Å². The standard InChI is InChI=1S/C21H19NO3S2/c1-21(2,3)15-9-7-13(8-10-15)11-17-18(23)22(20(26)27-17)16-6-4-5-14(12-16)19(24)25/h4-12H,1-3H3,(H,24,25)/b17-11-. The summed E-state index contributed by atoms with van der Waals surface area (Å²) in [5.41, 5.74) is 2.78. The molecule has 138 valence electrons. The minimum Gasteiger partial charge on any atom is -0.478 e. The molecule has 1 aliphatic heterocycles. The Kier molecular flexibility index (Phi) is 5.22. The van der Waals surface area contributed by atoms with Crippen molar-refractivity contribution in [3.63, 3.8) is 0 Å². The molecule has 6 heteroatoms. The van der Waals surface area contributed by atoms with E-state index in [2.05, 4.69) is 32.9 Å². The average Bonchev–Trinajstić information content (AvgIpc) is 2.88. The molecule has 0 aromatic heterocycles. The van der Waals surface area contributed by atoms with Crippen LogP contribution in [-0.2, 0) is 10.2 Å². The third-order valence-electron chi connectivity index (χ3n) is 4.22. The Morgan fingerprint density at radius 1 is 1.15 bits per heavy atom. The molecule has 0 unspecified atom stereocenters. The summed E-state index contributed by atoms with van der Waals surface area (Å²) in [6.07, 6.45) is 1.81. The van der Waals surface area contributed by atoms with E-state index in [1.807, 2.05) is 18.2 Å². The van der Waals surface area contributed by atoms with Gasteiger partial charge in [-0.15, -0.1) is 0 Å². The number of carboxylic acid groups (broad SMARTS) is 1. The lowest BCUT2D eigenvalue weighted by Crippen LogP contribution is -2.27. The summed E-state index contributed by atoms with van der Waals surface area (Å²) in [6, 6.07) is 14.3. The largest absolute Gasteiger partial charge is 0.478 e. The van der Waals surface area contributed by atoms with Crippen LogP contribution in [0.2, 0.25) is 0 Å². The van der Waals surface area contributed by atoms with E-state index in [0.717, 1.165) is 5.56 Å². The van der Waals surface area contributed by atoms with Crippen molar-refractivity contribution in [3.05, 3.63) is 70.1 Å². The molecular weight excluding hydrogens is 378 g/mol. The zero-order chi connectivity index (χ0) is 19.8. The topological polar surface area (TPSA) is 57.6 Å². The quantitative estimate of drug-likeness (QED) is 0.578. The number of hydrogen-bond acceptors (Lipinski definition) is 4. The lowest BCUT2D eigenvalue weighted by Gasteiger charge is -2.18. The van der Waals surface area contributed by atoms with E-state index in [-0.39, 0.29) is 16.9 Å². The molecule has 4 nitrogen and oxygen atoms in total. The monoisotopic (exact) mass is 397 g/mol. The lowest BCUT2D eigenvalue weighted by atomic mass is 9.87. The lowest BCUT2D eigenvalue weighted by molar-refractivity contribution is -0.113. The predicted octanol–water partition coefficient (Wildman–Crippen LogP) is 5.09. The van der Waals surface area contributed by atoms with Crippen molar-refractivity contribution in [1.29, 1.82) is 0 Å². The number of thiocarbonyl (C=S) groups is 1. The molecule has 0 atom stereocenters. The minimum atomic E-state index is -1.04. The first-order valence-corrected chi connectivity index (χ1v) is 9.61. The van der Waals surface area contributed by atoms with Crippen molar-refractivity contribution in [1.82, 2.24) is 0 Å². The first-order valence-electron chi connectivity index (χ1n) is 8.39. The van der Waals surface area contributed by atoms with Crippen LogP contribution in [0.5, 0.6) is 0 Å². The summed E-state index contributed by atoms with van der Waals surface area (Å²) in [5.74, 6) is -1.29. The van der Waals surface area contributed by atoms with E-state index < -0.39 is 5.97 Å². The number of amides is 1. The second-order valence-corrected chi connectivity index (χ2v) is 8.92. The van der Waals surface area contributed by atoms with E-state index in [4.69, 9.17) is 17.3 Å². The third-order valence-corrected chi connectivity index (χ3v) is 5.52. The Balaban J connectivity index is 1.89. The van der Waals surface area contributed by atoms with Gasteiger partial charge >= 0.3 is 5.97 Å². The van der Waals surface area contributed by atoms with Crippen molar-refractivity contribution in [3.8, 4) is 0 Å². The van der Waals surface area contributed by atoms with Crippen LogP contribution in [0, 0.1) is 0 Å². The van der Waals surface area contributed by atoms with Gasteiger partial charge in [-0.1, -0.05) is 75.1 Å². The molecule has 1 fully saturated rings. The fraction of sp³-hybridized carbons (Fsp3) is 0.190. The number of thioether (sulfide) groups is 1. The van der Waals surface area contributed by atoms with Crippen molar-refractivity contribution >= 4 is 51.9 Å². The number of carbonyl (C=O) groups is 2. The second kappa shape index (κ2) is 7.29. The van der Waals surface area contributed by atoms with E-state index in [1.54, 1.807) is 12.1 Å². The first kappa shape index (κ1) is 19.3. The number of aromatic carboxylic acids is 1. The second-order valence-electron chi connectivity index (χ2n) is 7.24. The fourth-order valence-electron chi connectivity index (χ4n) is 2.70. The molecule has 3 rings (SSSR count).